The van der Waals surface area contributed by atoms with Crippen LogP contribution in [0.15, 0.2) is 54.1 Å². The number of amides is 1. The highest BCUT2D eigenvalue weighted by molar-refractivity contribution is 5.95. The Labute approximate surface area is 174 Å². The van der Waals surface area contributed by atoms with Gasteiger partial charge in [-0.25, -0.2) is 9.48 Å². The minimum absolute atomic E-state index is 0.184. The number of nitrogens with two attached hydrogens (primary N) is 1. The lowest BCUT2D eigenvalue weighted by Crippen LogP contribution is -2.43. The van der Waals surface area contributed by atoms with Gasteiger partial charge in [0, 0.05) is 18.7 Å². The molecule has 164 valence electrons. The third-order valence-electron chi connectivity index (χ3n) is 4.60. The molecule has 3 heterocycles. The Bertz CT molecular complexity index is 1300. The maximum atomic E-state index is 13.1. The van der Waals surface area contributed by atoms with Crippen molar-refractivity contribution in [3.63, 3.8) is 0 Å². The van der Waals surface area contributed by atoms with Gasteiger partial charge in [-0.1, -0.05) is 13.3 Å². The summed E-state index contributed by atoms with van der Waals surface area (Å²) in [5.41, 5.74) is 3.16. The largest absolute Gasteiger partial charge is 0.467 e. The Balaban J connectivity index is 2.09. The van der Waals surface area contributed by atoms with Crippen LogP contribution in [0.25, 0.3) is 0 Å². The number of nitrogens with one attached hydrogen (secondary N) is 2. The van der Waals surface area contributed by atoms with Crippen molar-refractivity contribution in [3.05, 3.63) is 77.8 Å². The number of nitrogens with zero attached hydrogens (tertiary/aromatic N) is 3. The summed E-state index contributed by atoms with van der Waals surface area (Å²) in [4.78, 5) is 64.7. The van der Waals surface area contributed by atoms with Gasteiger partial charge >= 0.3 is 5.69 Å². The van der Waals surface area contributed by atoms with E-state index < -0.39 is 34.8 Å². The van der Waals surface area contributed by atoms with E-state index in [-0.39, 0.29) is 24.6 Å². The van der Waals surface area contributed by atoms with Crippen molar-refractivity contribution >= 4 is 17.4 Å². The molecule has 0 bridgehead atoms. The molecular formula is C19H22N6O6. The summed E-state index contributed by atoms with van der Waals surface area (Å²) in [6.45, 7) is 1.43. The van der Waals surface area contributed by atoms with Crippen LogP contribution in [-0.2, 0) is 24.4 Å². The smallest absolute Gasteiger partial charge is 0.330 e. The van der Waals surface area contributed by atoms with Crippen LogP contribution in [0.3, 0.4) is 0 Å². The predicted molar refractivity (Wildman–Crippen MR) is 112 cm³/mol. The maximum Gasteiger partial charge on any atom is 0.330 e. The summed E-state index contributed by atoms with van der Waals surface area (Å²) in [5, 5.41) is 2.25. The van der Waals surface area contributed by atoms with Crippen LogP contribution in [0.4, 0.5) is 11.5 Å². The van der Waals surface area contributed by atoms with Crippen LogP contribution in [0.2, 0.25) is 0 Å². The van der Waals surface area contributed by atoms with E-state index in [1.165, 1.54) is 10.8 Å². The second-order valence-corrected chi connectivity index (χ2v) is 6.79. The van der Waals surface area contributed by atoms with Gasteiger partial charge in [0.2, 0.25) is 5.91 Å². The highest BCUT2D eigenvalue weighted by Gasteiger charge is 2.26. The summed E-state index contributed by atoms with van der Waals surface area (Å²) in [5.74, 6) is -0.568. The molecule has 12 nitrogen and oxygen atoms in total. The van der Waals surface area contributed by atoms with Crippen molar-refractivity contribution in [2.24, 2.45) is 0 Å². The molecule has 0 fully saturated rings. The molecule has 0 spiro atoms. The first-order chi connectivity index (χ1) is 14.8. The van der Waals surface area contributed by atoms with E-state index in [0.29, 0.717) is 12.2 Å². The first-order valence-corrected chi connectivity index (χ1v) is 9.57. The second kappa shape index (κ2) is 9.15. The van der Waals surface area contributed by atoms with Crippen LogP contribution in [0.1, 0.15) is 25.5 Å². The molecule has 0 radical (unpaired) electrons. The number of hydrogen-bond donors (Lipinski definition) is 3. The molecule has 0 aliphatic rings. The number of H-pyrrole nitrogens is 2. The van der Waals surface area contributed by atoms with Gasteiger partial charge < -0.3 is 10.2 Å². The number of aromatic nitrogens is 4. The van der Waals surface area contributed by atoms with Crippen molar-refractivity contribution < 1.29 is 9.21 Å². The molecule has 12 heteroatoms. The van der Waals surface area contributed by atoms with Gasteiger partial charge in [-0.3, -0.25) is 38.7 Å². The van der Waals surface area contributed by atoms with E-state index in [1.807, 2.05) is 6.92 Å². The number of anilines is 2. The summed E-state index contributed by atoms with van der Waals surface area (Å²) in [7, 11) is 0. The molecule has 3 rings (SSSR count). The molecule has 1 amide bonds. The lowest BCUT2D eigenvalue weighted by Gasteiger charge is -2.24. The topological polar surface area (TPSA) is 169 Å². The van der Waals surface area contributed by atoms with E-state index in [4.69, 9.17) is 10.2 Å². The fraction of sp³-hybridized carbons (Fsp3) is 0.316. The average molecular weight is 430 g/mol. The predicted octanol–water partition coefficient (Wildman–Crippen LogP) is -0.405. The number of unbranched alkanes of at least 4 members (excludes halogenated alkanes) is 1. The Morgan fingerprint density at radius 2 is 1.97 bits per heavy atom. The third kappa shape index (κ3) is 4.74. The van der Waals surface area contributed by atoms with Gasteiger partial charge in [0.25, 0.3) is 16.7 Å². The zero-order chi connectivity index (χ0) is 22.5. The Morgan fingerprint density at radius 3 is 2.65 bits per heavy atom. The zero-order valence-corrected chi connectivity index (χ0v) is 16.8. The van der Waals surface area contributed by atoms with Gasteiger partial charge in [-0.2, -0.15) is 0 Å². The molecule has 31 heavy (non-hydrogen) atoms. The molecule has 3 aromatic heterocycles. The van der Waals surface area contributed by atoms with E-state index >= 15 is 0 Å². The van der Waals surface area contributed by atoms with Crippen molar-refractivity contribution in [2.45, 2.75) is 39.4 Å². The van der Waals surface area contributed by atoms with E-state index in [0.717, 1.165) is 28.1 Å². The monoisotopic (exact) mass is 430 g/mol. The van der Waals surface area contributed by atoms with Crippen LogP contribution in [0, 0.1) is 0 Å². The quantitative estimate of drug-likeness (QED) is 0.436. The summed E-state index contributed by atoms with van der Waals surface area (Å²) in [6, 6.07) is 5.26. The first kappa shape index (κ1) is 21.6. The number of nitrogen functional groups attached to an aromatic ring is 1. The normalized spacial score (nSPS) is 10.9. The Hall–Kier alpha value is -4.09. The molecule has 4 N–H and O–H groups in total. The fourth-order valence-corrected chi connectivity index (χ4v) is 3.03. The van der Waals surface area contributed by atoms with E-state index in [1.54, 1.807) is 12.1 Å². The van der Waals surface area contributed by atoms with E-state index in [9.17, 15) is 24.0 Å². The highest BCUT2D eigenvalue weighted by Crippen LogP contribution is 2.20. The van der Waals surface area contributed by atoms with Crippen LogP contribution in [-0.4, -0.2) is 25.2 Å². The first-order valence-electron chi connectivity index (χ1n) is 9.57. The summed E-state index contributed by atoms with van der Waals surface area (Å²) in [6.07, 6.45) is 2.80. The molecule has 3 aromatic rings. The zero-order valence-electron chi connectivity index (χ0n) is 16.8. The summed E-state index contributed by atoms with van der Waals surface area (Å²) >= 11 is 0. The lowest BCUT2D eigenvalue weighted by atomic mass is 10.3. The van der Waals surface area contributed by atoms with Crippen LogP contribution in [0.5, 0.6) is 0 Å². The third-order valence-corrected chi connectivity index (χ3v) is 4.60. The van der Waals surface area contributed by atoms with Crippen molar-refractivity contribution in [1.82, 2.24) is 19.3 Å². The molecule has 0 aliphatic heterocycles. The Kier molecular flexibility index (Phi) is 6.38. The minimum Gasteiger partial charge on any atom is -0.467 e. The van der Waals surface area contributed by atoms with Gasteiger partial charge in [0.15, 0.2) is 5.69 Å². The van der Waals surface area contributed by atoms with Crippen LogP contribution < -0.4 is 33.0 Å². The second-order valence-electron chi connectivity index (χ2n) is 6.79. The fourth-order valence-electron chi connectivity index (χ4n) is 3.03. The molecule has 0 saturated heterocycles. The van der Waals surface area contributed by atoms with Crippen molar-refractivity contribution in [1.29, 1.82) is 0 Å². The van der Waals surface area contributed by atoms with Crippen molar-refractivity contribution in [2.75, 3.05) is 10.6 Å². The maximum absolute atomic E-state index is 13.1. The van der Waals surface area contributed by atoms with E-state index in [2.05, 4.69) is 10.1 Å². The summed E-state index contributed by atoms with van der Waals surface area (Å²) < 4.78 is 7.28. The van der Waals surface area contributed by atoms with Gasteiger partial charge in [-0.15, -0.1) is 0 Å². The molecule has 0 atom stereocenters. The number of carbonyl (C=O) groups is 1. The molecule has 0 unspecified atom stereocenters. The standard InChI is InChI=1S/C19H22N6O6/c1-2-3-8-23-17(20)16(18(29)21-19(23)30)24(10-12-5-4-9-31-12)15(28)11-25-14(27)7-6-13(26)22-25/h4-7,9H,2-3,8,10-11,20H2,1H3,(H,22,26)(H,21,29,30). The molecule has 0 saturated carbocycles. The highest BCUT2D eigenvalue weighted by atomic mass is 16.3. The molecular weight excluding hydrogens is 408 g/mol. The number of carbonyl (C=O) groups excluding carboxylic acids is 1. The minimum atomic E-state index is -0.857. The lowest BCUT2D eigenvalue weighted by molar-refractivity contribution is -0.119. The number of hydrogen-bond acceptors (Lipinski definition) is 7. The van der Waals surface area contributed by atoms with Crippen molar-refractivity contribution in [3.8, 4) is 0 Å². The van der Waals surface area contributed by atoms with Gasteiger partial charge in [0.1, 0.15) is 18.1 Å². The molecule has 0 aliphatic carbocycles. The Morgan fingerprint density at radius 1 is 1.19 bits per heavy atom. The van der Waals surface area contributed by atoms with Gasteiger partial charge in [0.05, 0.1) is 12.8 Å². The average Bonchev–Trinajstić information content (AvgIpc) is 3.23. The molecule has 0 aromatic carbocycles. The van der Waals surface area contributed by atoms with Crippen LogP contribution >= 0.6 is 0 Å². The number of furan rings is 1. The SMILES string of the molecule is CCCCn1c(N)c(N(Cc2ccco2)C(=O)Cn2[nH]c(=O)ccc2=O)c(=O)[nH]c1=O. The number of rotatable bonds is 8. The number of aromatic amines is 2. The van der Waals surface area contributed by atoms with Gasteiger partial charge in [-0.05, 0) is 18.6 Å².